The second-order valence-corrected chi connectivity index (χ2v) is 20.2. The zero-order valence-electron chi connectivity index (χ0n) is 42.4. The molecule has 1 saturated carbocycles. The van der Waals surface area contributed by atoms with Gasteiger partial charge in [0.1, 0.15) is 30.1 Å². The lowest BCUT2D eigenvalue weighted by molar-refractivity contribution is -0.265. The standard InChI is InChI=1S/C53H83NO14/c1-32-16-12-11-13-17-33(2)44(63-8)30-40-21-19-38(7)53(62,68-40)50(59)51(60)54-23-15-14-18-41(54)52(61)67-45(35(4)28-39-20-22-43(66-25-24-55)46(29-39)64-9)31-42(56)34(3)27-37(6)48(58)49(65-10)47(57)36(5)26-32/h11-13,16-17,27,32,34-36,38-41,43-46,48-49,55,58,62H,14-15,18-26,28-31H2,1-10H3/b13-11?,16-12+,33-17?,37-27+/t32-,34-,35+,36-,38-,39+,40?,41+,43-,44+,45+,46-,48-,49+,53-/m1/s1. The first-order chi connectivity index (χ1) is 32.3. The Morgan fingerprint density at radius 1 is 0.853 bits per heavy atom. The number of hydrogen-bond acceptors (Lipinski definition) is 14. The minimum Gasteiger partial charge on any atom is -0.460 e. The van der Waals surface area contributed by atoms with Crippen LogP contribution in [-0.4, -0.2) is 145 Å². The summed E-state index contributed by atoms with van der Waals surface area (Å²) in [6.45, 7) is 12.9. The van der Waals surface area contributed by atoms with Gasteiger partial charge in [-0.3, -0.25) is 19.2 Å². The number of Topliss-reactive ketones (excluding diaryl/α,β-unsaturated/α-hetero) is 3. The van der Waals surface area contributed by atoms with Gasteiger partial charge < -0.3 is 48.6 Å². The number of carbonyl (C=O) groups is 5. The van der Waals surface area contributed by atoms with E-state index in [4.69, 9.17) is 28.4 Å². The molecular weight excluding hydrogens is 875 g/mol. The molecule has 15 heteroatoms. The van der Waals surface area contributed by atoms with Crippen molar-refractivity contribution >= 4 is 29.2 Å². The van der Waals surface area contributed by atoms with Crippen molar-refractivity contribution in [3.63, 3.8) is 0 Å². The number of aliphatic hydroxyl groups is 3. The second kappa shape index (κ2) is 27.3. The number of ether oxygens (including phenoxy) is 6. The lowest BCUT2D eigenvalue weighted by atomic mass is 9.78. The monoisotopic (exact) mass is 958 g/mol. The molecule has 1 amide bonds. The average molecular weight is 958 g/mol. The number of piperidine rings is 1. The molecule has 3 fully saturated rings. The number of fused-ring (bicyclic) bond motifs is 3. The number of cyclic esters (lactones) is 1. The molecule has 4 rings (SSSR count). The van der Waals surface area contributed by atoms with E-state index in [1.54, 1.807) is 41.1 Å². The van der Waals surface area contributed by atoms with Crippen LogP contribution in [-0.2, 0) is 52.4 Å². The Kier molecular flexibility index (Phi) is 22.9. The molecule has 0 spiro atoms. The lowest BCUT2D eigenvalue weighted by Crippen LogP contribution is -2.61. The molecule has 2 bridgehead atoms. The molecule has 0 aromatic heterocycles. The van der Waals surface area contributed by atoms with Gasteiger partial charge in [0.15, 0.2) is 5.78 Å². The van der Waals surface area contributed by atoms with E-state index < -0.39 is 77.8 Å². The Morgan fingerprint density at radius 3 is 2.26 bits per heavy atom. The minimum atomic E-state index is -2.43. The maximum atomic E-state index is 14.5. The Morgan fingerprint density at radius 2 is 1.59 bits per heavy atom. The molecule has 1 aliphatic carbocycles. The molecule has 68 heavy (non-hydrogen) atoms. The highest BCUT2D eigenvalue weighted by molar-refractivity contribution is 6.39. The Balaban J connectivity index is 1.70. The fourth-order valence-corrected chi connectivity index (χ4v) is 10.5. The maximum Gasteiger partial charge on any atom is 0.329 e. The summed E-state index contributed by atoms with van der Waals surface area (Å²) in [6, 6.07) is -1.14. The molecule has 15 atom stereocenters. The number of ketones is 3. The van der Waals surface area contributed by atoms with Crippen molar-refractivity contribution in [2.75, 3.05) is 41.1 Å². The smallest absolute Gasteiger partial charge is 0.329 e. The van der Waals surface area contributed by atoms with Gasteiger partial charge in [-0.2, -0.15) is 0 Å². The zero-order valence-corrected chi connectivity index (χ0v) is 42.4. The molecule has 4 aliphatic rings. The van der Waals surface area contributed by atoms with Crippen LogP contribution >= 0.6 is 0 Å². The summed E-state index contributed by atoms with van der Waals surface area (Å²) >= 11 is 0. The van der Waals surface area contributed by atoms with Crippen molar-refractivity contribution in [1.29, 1.82) is 0 Å². The fraction of sp³-hybridized carbons (Fsp3) is 0.755. The first-order valence-corrected chi connectivity index (χ1v) is 25.0. The molecule has 0 aromatic carbocycles. The molecule has 3 aliphatic heterocycles. The van der Waals surface area contributed by atoms with Gasteiger partial charge in [0.2, 0.25) is 5.79 Å². The maximum absolute atomic E-state index is 14.5. The number of esters is 1. The van der Waals surface area contributed by atoms with Gasteiger partial charge in [0, 0.05) is 58.5 Å². The van der Waals surface area contributed by atoms with Gasteiger partial charge >= 0.3 is 5.97 Å². The van der Waals surface area contributed by atoms with Crippen LogP contribution < -0.4 is 0 Å². The Labute approximate surface area is 405 Å². The molecule has 3 heterocycles. The van der Waals surface area contributed by atoms with Crippen molar-refractivity contribution in [2.45, 2.75) is 180 Å². The number of allylic oxidation sites excluding steroid dienone is 6. The molecule has 0 radical (unpaired) electrons. The highest BCUT2D eigenvalue weighted by Gasteiger charge is 2.53. The number of rotatable bonds is 9. The zero-order chi connectivity index (χ0) is 50.3. The number of nitrogens with zero attached hydrogens (tertiary/aromatic N) is 1. The topological polar surface area (TPSA) is 205 Å². The van der Waals surface area contributed by atoms with Gasteiger partial charge in [0.05, 0.1) is 37.6 Å². The Bertz CT molecular complexity index is 1810. The number of amides is 1. The summed E-state index contributed by atoms with van der Waals surface area (Å²) in [7, 11) is 4.58. The predicted molar refractivity (Wildman–Crippen MR) is 256 cm³/mol. The van der Waals surface area contributed by atoms with Crippen LogP contribution in [0.5, 0.6) is 0 Å². The van der Waals surface area contributed by atoms with Crippen LogP contribution in [0.15, 0.2) is 47.6 Å². The second-order valence-electron chi connectivity index (χ2n) is 20.2. The Hall–Kier alpha value is -3.41. The van der Waals surface area contributed by atoms with E-state index in [2.05, 4.69) is 0 Å². The number of methoxy groups -OCH3 is 3. The van der Waals surface area contributed by atoms with Crippen LogP contribution in [0.25, 0.3) is 0 Å². The number of carbonyl (C=O) groups excluding carboxylic acids is 5. The molecule has 384 valence electrons. The summed E-state index contributed by atoms with van der Waals surface area (Å²) in [5.74, 6) is -7.96. The highest BCUT2D eigenvalue weighted by Crippen LogP contribution is 2.38. The number of aliphatic hydroxyl groups excluding tert-OH is 2. The van der Waals surface area contributed by atoms with Crippen molar-refractivity contribution in [3.05, 3.63) is 47.6 Å². The summed E-state index contributed by atoms with van der Waals surface area (Å²) in [5, 5.41) is 32.8. The summed E-state index contributed by atoms with van der Waals surface area (Å²) in [6.07, 6.45) is 12.0. The van der Waals surface area contributed by atoms with Crippen LogP contribution in [0, 0.1) is 35.5 Å². The van der Waals surface area contributed by atoms with E-state index in [1.165, 1.54) is 12.0 Å². The van der Waals surface area contributed by atoms with E-state index in [0.29, 0.717) is 63.4 Å². The first kappa shape index (κ1) is 57.2. The van der Waals surface area contributed by atoms with Crippen molar-refractivity contribution in [1.82, 2.24) is 4.90 Å². The minimum absolute atomic E-state index is 0.0158. The quantitative estimate of drug-likeness (QED) is 0.134. The molecular formula is C53H83NO14. The van der Waals surface area contributed by atoms with Gasteiger partial charge in [-0.25, -0.2) is 4.79 Å². The SMILES string of the molecule is CO[C@H]1CC2CC[C@@H](C)[C@@](O)(O2)C(=O)C(=O)N2CCCC[C@H]2C(=O)O[C@H]([C@@H](C)C[C@@H]2CC[C@@H](OCCO)[C@H](OC)C2)CC(=O)[C@H](C)/C=C(\C)[C@@H](O)[C@@H](OC)C(=O)[C@H](C)C[C@H](C)/C=C/C=CC=C1C. The van der Waals surface area contributed by atoms with Crippen LogP contribution in [0.1, 0.15) is 126 Å². The van der Waals surface area contributed by atoms with E-state index in [1.807, 2.05) is 58.1 Å². The molecule has 3 N–H and O–H groups in total. The number of hydrogen-bond donors (Lipinski definition) is 3. The molecule has 2 saturated heterocycles. The molecule has 15 nitrogen and oxygen atoms in total. The van der Waals surface area contributed by atoms with Gasteiger partial charge in [-0.1, -0.05) is 71.1 Å². The molecule has 0 aromatic rings. The average Bonchev–Trinajstić information content (AvgIpc) is 3.32. The lowest BCUT2D eigenvalue weighted by Gasteiger charge is -2.42. The van der Waals surface area contributed by atoms with Crippen LogP contribution in [0.4, 0.5) is 0 Å². The van der Waals surface area contributed by atoms with E-state index >= 15 is 0 Å². The van der Waals surface area contributed by atoms with Crippen molar-refractivity contribution in [3.8, 4) is 0 Å². The molecule has 1 unspecified atom stereocenters. The van der Waals surface area contributed by atoms with Gasteiger partial charge in [-0.05, 0) is 107 Å². The fourth-order valence-electron chi connectivity index (χ4n) is 10.5. The van der Waals surface area contributed by atoms with E-state index in [-0.39, 0.29) is 74.1 Å². The largest absolute Gasteiger partial charge is 0.460 e. The third-order valence-electron chi connectivity index (χ3n) is 14.9. The van der Waals surface area contributed by atoms with Crippen molar-refractivity contribution in [2.24, 2.45) is 35.5 Å². The third-order valence-corrected chi connectivity index (χ3v) is 14.9. The summed E-state index contributed by atoms with van der Waals surface area (Å²) in [5.41, 5.74) is 1.26. The normalized spacial score (nSPS) is 37.9. The highest BCUT2D eigenvalue weighted by atomic mass is 16.6. The van der Waals surface area contributed by atoms with E-state index in [9.17, 15) is 39.3 Å². The van der Waals surface area contributed by atoms with Gasteiger partial charge in [0.25, 0.3) is 11.7 Å². The van der Waals surface area contributed by atoms with E-state index in [0.717, 1.165) is 12.0 Å². The predicted octanol–water partition coefficient (Wildman–Crippen LogP) is 6.20. The summed E-state index contributed by atoms with van der Waals surface area (Å²) < 4.78 is 35.6. The van der Waals surface area contributed by atoms with Crippen molar-refractivity contribution < 1.29 is 67.7 Å². The summed E-state index contributed by atoms with van der Waals surface area (Å²) in [4.78, 5) is 72.1. The van der Waals surface area contributed by atoms with Crippen LogP contribution in [0.3, 0.4) is 0 Å². The first-order valence-electron chi connectivity index (χ1n) is 25.0. The third kappa shape index (κ3) is 15.3. The van der Waals surface area contributed by atoms with Crippen LogP contribution in [0.2, 0.25) is 0 Å². The van der Waals surface area contributed by atoms with Gasteiger partial charge in [-0.15, -0.1) is 0 Å².